The summed E-state index contributed by atoms with van der Waals surface area (Å²) in [7, 11) is 0. The number of nitrogens with one attached hydrogen (secondary N) is 1. The lowest BCUT2D eigenvalue weighted by molar-refractivity contribution is -0.117. The molecule has 1 aliphatic rings. The summed E-state index contributed by atoms with van der Waals surface area (Å²) in [6.07, 6.45) is 6.18. The molecular weight excluding hydrogens is 300 g/mol. The summed E-state index contributed by atoms with van der Waals surface area (Å²) in [6.45, 7) is 7.57. The molecule has 0 unspecified atom stereocenters. The van der Waals surface area contributed by atoms with Crippen molar-refractivity contribution in [1.29, 1.82) is 0 Å². The molecule has 1 saturated heterocycles. The van der Waals surface area contributed by atoms with E-state index in [0.717, 1.165) is 44.0 Å². The summed E-state index contributed by atoms with van der Waals surface area (Å²) >= 11 is 0. The zero-order valence-electron chi connectivity index (χ0n) is 14.5. The lowest BCUT2D eigenvalue weighted by atomic mass is 9.96. The Morgan fingerprint density at radius 1 is 1.21 bits per heavy atom. The molecule has 5 nitrogen and oxygen atoms in total. The number of rotatable bonds is 5. The van der Waals surface area contributed by atoms with Crippen LogP contribution in [-0.2, 0) is 11.3 Å². The number of anilines is 1. The molecule has 0 radical (unpaired) electrons. The lowest BCUT2D eigenvalue weighted by Crippen LogP contribution is -2.40. The standard InChI is InChI=1S/C19H26N4O/c1-15-3-5-18(6-4-15)21-19(24)14-22-10-7-17(8-11-22)13-23-12-9-20-16(23)2/h3-6,9,12,17H,7-8,10-11,13-14H2,1-2H3,(H,21,24). The first-order chi connectivity index (χ1) is 11.6. The number of benzene rings is 1. The molecule has 2 aromatic rings. The van der Waals surface area contributed by atoms with E-state index in [2.05, 4.69) is 26.0 Å². The maximum atomic E-state index is 12.2. The fourth-order valence-electron chi connectivity index (χ4n) is 3.24. The topological polar surface area (TPSA) is 50.2 Å². The second kappa shape index (κ2) is 7.62. The number of hydrogen-bond acceptors (Lipinski definition) is 3. The van der Waals surface area contributed by atoms with Gasteiger partial charge in [0.1, 0.15) is 5.82 Å². The first kappa shape index (κ1) is 16.7. The van der Waals surface area contributed by atoms with Crippen molar-refractivity contribution >= 4 is 11.6 Å². The van der Waals surface area contributed by atoms with Gasteiger partial charge in [0.2, 0.25) is 5.91 Å². The highest BCUT2D eigenvalue weighted by molar-refractivity contribution is 5.92. The molecule has 1 amide bonds. The second-order valence-corrected chi connectivity index (χ2v) is 6.76. The summed E-state index contributed by atoms with van der Waals surface area (Å²) in [4.78, 5) is 18.7. The Labute approximate surface area is 143 Å². The smallest absolute Gasteiger partial charge is 0.238 e. The van der Waals surface area contributed by atoms with Crippen molar-refractivity contribution in [3.8, 4) is 0 Å². The van der Waals surface area contributed by atoms with Crippen LogP contribution in [0.1, 0.15) is 24.2 Å². The van der Waals surface area contributed by atoms with E-state index in [-0.39, 0.29) is 5.91 Å². The lowest BCUT2D eigenvalue weighted by Gasteiger charge is -2.31. The van der Waals surface area contributed by atoms with E-state index < -0.39 is 0 Å². The van der Waals surface area contributed by atoms with E-state index in [0.29, 0.717) is 12.5 Å². The predicted molar refractivity (Wildman–Crippen MR) is 95.9 cm³/mol. The third-order valence-corrected chi connectivity index (χ3v) is 4.79. The van der Waals surface area contributed by atoms with Gasteiger partial charge in [0, 0.05) is 24.6 Å². The molecule has 0 atom stereocenters. The minimum absolute atomic E-state index is 0.0720. The molecule has 0 spiro atoms. The Kier molecular flexibility index (Phi) is 5.30. The number of likely N-dealkylation sites (tertiary alicyclic amines) is 1. The Morgan fingerprint density at radius 3 is 2.54 bits per heavy atom. The van der Waals surface area contributed by atoms with Gasteiger partial charge in [0.05, 0.1) is 6.54 Å². The number of aryl methyl sites for hydroxylation is 2. The number of imidazole rings is 1. The van der Waals surface area contributed by atoms with Gasteiger partial charge in [-0.2, -0.15) is 0 Å². The van der Waals surface area contributed by atoms with Crippen LogP contribution >= 0.6 is 0 Å². The molecule has 1 N–H and O–H groups in total. The number of amides is 1. The van der Waals surface area contributed by atoms with Gasteiger partial charge in [-0.25, -0.2) is 4.98 Å². The Hall–Kier alpha value is -2.14. The number of carbonyl (C=O) groups excluding carboxylic acids is 1. The minimum atomic E-state index is 0.0720. The SMILES string of the molecule is Cc1ccc(NC(=O)CN2CCC(Cn3ccnc3C)CC2)cc1. The highest BCUT2D eigenvalue weighted by Crippen LogP contribution is 2.19. The van der Waals surface area contributed by atoms with Gasteiger partial charge in [0.25, 0.3) is 0 Å². The molecule has 128 valence electrons. The molecule has 0 saturated carbocycles. The summed E-state index contributed by atoms with van der Waals surface area (Å²) < 4.78 is 2.23. The molecule has 0 bridgehead atoms. The summed E-state index contributed by atoms with van der Waals surface area (Å²) in [5.74, 6) is 1.83. The van der Waals surface area contributed by atoms with Crippen molar-refractivity contribution in [2.75, 3.05) is 25.0 Å². The van der Waals surface area contributed by atoms with Crippen LogP contribution in [0, 0.1) is 19.8 Å². The van der Waals surface area contributed by atoms with Gasteiger partial charge in [0.15, 0.2) is 0 Å². The first-order valence-corrected chi connectivity index (χ1v) is 8.67. The molecule has 5 heteroatoms. The number of hydrogen-bond donors (Lipinski definition) is 1. The fraction of sp³-hybridized carbons (Fsp3) is 0.474. The van der Waals surface area contributed by atoms with E-state index in [9.17, 15) is 4.79 Å². The molecule has 1 aromatic carbocycles. The summed E-state index contributed by atoms with van der Waals surface area (Å²) in [6, 6.07) is 7.93. The van der Waals surface area contributed by atoms with Gasteiger partial charge >= 0.3 is 0 Å². The maximum absolute atomic E-state index is 12.2. The Bertz CT molecular complexity index is 669. The second-order valence-electron chi connectivity index (χ2n) is 6.76. The molecule has 3 rings (SSSR count). The number of piperidine rings is 1. The first-order valence-electron chi connectivity index (χ1n) is 8.67. The van der Waals surface area contributed by atoms with Gasteiger partial charge < -0.3 is 9.88 Å². The van der Waals surface area contributed by atoms with Gasteiger partial charge in [-0.15, -0.1) is 0 Å². The van der Waals surface area contributed by atoms with Gasteiger partial charge in [-0.05, 0) is 57.8 Å². The van der Waals surface area contributed by atoms with E-state index >= 15 is 0 Å². The van der Waals surface area contributed by atoms with Crippen LogP contribution in [0.15, 0.2) is 36.7 Å². The molecule has 1 fully saturated rings. The third-order valence-electron chi connectivity index (χ3n) is 4.79. The van der Waals surface area contributed by atoms with E-state index in [1.165, 1.54) is 5.56 Å². The average molecular weight is 326 g/mol. The van der Waals surface area contributed by atoms with Crippen molar-refractivity contribution in [1.82, 2.24) is 14.5 Å². The Morgan fingerprint density at radius 2 is 1.92 bits per heavy atom. The van der Waals surface area contributed by atoms with Crippen molar-refractivity contribution in [3.05, 3.63) is 48.0 Å². The van der Waals surface area contributed by atoms with Crippen molar-refractivity contribution in [2.45, 2.75) is 33.2 Å². The van der Waals surface area contributed by atoms with Crippen LogP contribution in [0.4, 0.5) is 5.69 Å². The quantitative estimate of drug-likeness (QED) is 0.919. The van der Waals surface area contributed by atoms with Gasteiger partial charge in [-0.1, -0.05) is 17.7 Å². The van der Waals surface area contributed by atoms with Crippen LogP contribution in [0.5, 0.6) is 0 Å². The Balaban J connectivity index is 1.42. The third kappa shape index (κ3) is 4.45. The van der Waals surface area contributed by atoms with Crippen LogP contribution in [0.3, 0.4) is 0 Å². The number of nitrogens with zero attached hydrogens (tertiary/aromatic N) is 3. The largest absolute Gasteiger partial charge is 0.335 e. The minimum Gasteiger partial charge on any atom is -0.335 e. The van der Waals surface area contributed by atoms with Crippen LogP contribution in [0.25, 0.3) is 0 Å². The zero-order chi connectivity index (χ0) is 16.9. The zero-order valence-corrected chi connectivity index (χ0v) is 14.5. The molecule has 1 aliphatic heterocycles. The van der Waals surface area contributed by atoms with E-state index in [1.54, 1.807) is 0 Å². The number of carbonyl (C=O) groups is 1. The van der Waals surface area contributed by atoms with Crippen LogP contribution in [-0.4, -0.2) is 40.0 Å². The van der Waals surface area contributed by atoms with E-state index in [1.807, 2.05) is 44.3 Å². The summed E-state index contributed by atoms with van der Waals surface area (Å²) in [5, 5.41) is 2.98. The molecule has 24 heavy (non-hydrogen) atoms. The monoisotopic (exact) mass is 326 g/mol. The van der Waals surface area contributed by atoms with Crippen molar-refractivity contribution in [2.24, 2.45) is 5.92 Å². The maximum Gasteiger partial charge on any atom is 0.238 e. The van der Waals surface area contributed by atoms with Crippen molar-refractivity contribution < 1.29 is 4.79 Å². The fourth-order valence-corrected chi connectivity index (χ4v) is 3.24. The summed E-state index contributed by atoms with van der Waals surface area (Å²) in [5.41, 5.74) is 2.07. The van der Waals surface area contributed by atoms with Gasteiger partial charge in [-0.3, -0.25) is 9.69 Å². The molecule has 2 heterocycles. The van der Waals surface area contributed by atoms with E-state index in [4.69, 9.17) is 0 Å². The average Bonchev–Trinajstić information content (AvgIpc) is 2.96. The van der Waals surface area contributed by atoms with Crippen molar-refractivity contribution in [3.63, 3.8) is 0 Å². The van der Waals surface area contributed by atoms with Crippen LogP contribution in [0.2, 0.25) is 0 Å². The number of aromatic nitrogens is 2. The molecule has 1 aromatic heterocycles. The molecular formula is C19H26N4O. The van der Waals surface area contributed by atoms with Crippen LogP contribution < -0.4 is 5.32 Å². The normalized spacial score (nSPS) is 16.2. The highest BCUT2D eigenvalue weighted by Gasteiger charge is 2.21. The predicted octanol–water partition coefficient (Wildman–Crippen LogP) is 2.85. The highest BCUT2D eigenvalue weighted by atomic mass is 16.2. The molecule has 0 aliphatic carbocycles.